The summed E-state index contributed by atoms with van der Waals surface area (Å²) in [6.45, 7) is 0.768. The van der Waals surface area contributed by atoms with Crippen molar-refractivity contribution in [2.75, 3.05) is 32.6 Å². The van der Waals surface area contributed by atoms with Crippen LogP contribution >= 0.6 is 11.6 Å². The fourth-order valence-electron chi connectivity index (χ4n) is 6.83. The number of likely N-dealkylation sites (N-methyl/N-ethyl adjacent to an activating group) is 1. The first-order valence-corrected chi connectivity index (χ1v) is 14.6. The van der Waals surface area contributed by atoms with Crippen LogP contribution in [-0.2, 0) is 21.4 Å². The van der Waals surface area contributed by atoms with Crippen LogP contribution in [0.1, 0.15) is 72.9 Å². The third kappa shape index (κ3) is 6.96. The molecule has 0 spiro atoms. The normalized spacial score (nSPS) is 20.0. The van der Waals surface area contributed by atoms with Crippen molar-refractivity contribution in [2.24, 2.45) is 5.92 Å². The maximum atomic E-state index is 12.4. The van der Waals surface area contributed by atoms with Crippen molar-refractivity contribution < 1.29 is 34.1 Å². The Morgan fingerprint density at radius 3 is 2.51 bits per heavy atom. The number of para-hydroxylation sites is 1. The molecule has 0 radical (unpaired) electrons. The zero-order valence-electron chi connectivity index (χ0n) is 23.7. The first-order valence-electron chi connectivity index (χ1n) is 14.2. The minimum absolute atomic E-state index is 0.115. The van der Waals surface area contributed by atoms with E-state index in [0.717, 1.165) is 56.9 Å². The van der Waals surface area contributed by atoms with Crippen molar-refractivity contribution in [1.82, 2.24) is 4.90 Å². The van der Waals surface area contributed by atoms with E-state index < -0.39 is 12.1 Å². The summed E-state index contributed by atoms with van der Waals surface area (Å²) in [6.07, 6.45) is 8.10. The highest BCUT2D eigenvalue weighted by atomic mass is 35.5. The minimum atomic E-state index is -0.945. The van der Waals surface area contributed by atoms with E-state index in [0.29, 0.717) is 35.9 Å². The number of hydrogen-bond donors (Lipinski definition) is 3. The number of anilines is 1. The molecule has 2 aliphatic rings. The van der Waals surface area contributed by atoms with Gasteiger partial charge in [-0.05, 0) is 63.6 Å². The van der Waals surface area contributed by atoms with E-state index in [1.807, 2.05) is 19.2 Å². The minimum Gasteiger partial charge on any atom is -0.507 e. The lowest BCUT2D eigenvalue weighted by Crippen LogP contribution is -2.42. The summed E-state index contributed by atoms with van der Waals surface area (Å²) >= 11 is 6.21. The van der Waals surface area contributed by atoms with Gasteiger partial charge in [0.25, 0.3) is 0 Å². The average Bonchev–Trinajstić information content (AvgIpc) is 3.46. The summed E-state index contributed by atoms with van der Waals surface area (Å²) in [5.41, 5.74) is 1.87. The number of hydrogen-bond acceptors (Lipinski definition) is 7. The van der Waals surface area contributed by atoms with Gasteiger partial charge in [0.2, 0.25) is 0 Å². The average molecular weight is 587 g/mol. The number of aldehydes is 1. The van der Waals surface area contributed by atoms with E-state index in [4.69, 9.17) is 21.1 Å². The number of amides is 1. The van der Waals surface area contributed by atoms with Crippen LogP contribution in [0.25, 0.3) is 0 Å². The molecule has 3 N–H and O–H groups in total. The molecule has 0 heterocycles. The number of ether oxygens (including phenoxy) is 2. The molecular weight excluding hydrogens is 548 g/mol. The molecular formula is C31H39ClN2O7. The number of phenolic OH excluding ortho intramolecular Hbond substituents is 1. The van der Waals surface area contributed by atoms with Crippen molar-refractivity contribution in [1.29, 1.82) is 0 Å². The fourth-order valence-corrected chi connectivity index (χ4v) is 7.09. The van der Waals surface area contributed by atoms with E-state index in [9.17, 15) is 24.6 Å². The number of nitrogens with zero attached hydrogens (tertiary/aromatic N) is 1. The third-order valence-corrected chi connectivity index (χ3v) is 9.23. The van der Waals surface area contributed by atoms with E-state index >= 15 is 0 Å². The van der Waals surface area contributed by atoms with Gasteiger partial charge in [-0.15, -0.1) is 0 Å². The number of benzene rings is 2. The van der Waals surface area contributed by atoms with E-state index in [2.05, 4.69) is 10.2 Å². The molecule has 222 valence electrons. The molecule has 9 nitrogen and oxygen atoms in total. The summed E-state index contributed by atoms with van der Waals surface area (Å²) < 4.78 is 10.6. The number of carbonyl (C=O) groups is 3. The van der Waals surface area contributed by atoms with Crippen LogP contribution in [0.15, 0.2) is 30.3 Å². The molecule has 2 saturated carbocycles. The number of halogens is 1. The highest BCUT2D eigenvalue weighted by molar-refractivity contribution is 6.34. The number of aliphatic carboxylic acids is 1. The van der Waals surface area contributed by atoms with Gasteiger partial charge < -0.3 is 24.6 Å². The summed E-state index contributed by atoms with van der Waals surface area (Å²) in [7, 11) is 3.46. The van der Waals surface area contributed by atoms with Gasteiger partial charge in [0, 0.05) is 34.7 Å². The molecule has 2 aliphatic carbocycles. The van der Waals surface area contributed by atoms with Gasteiger partial charge in [-0.1, -0.05) is 42.6 Å². The number of carboxylic acid groups (broad SMARTS) is 1. The summed E-state index contributed by atoms with van der Waals surface area (Å²) in [6, 6.07) is 8.87. The van der Waals surface area contributed by atoms with Gasteiger partial charge in [-0.2, -0.15) is 0 Å². The molecule has 0 aromatic heterocycles. The predicted octanol–water partition coefficient (Wildman–Crippen LogP) is 6.04. The molecule has 2 aromatic carbocycles. The number of carbonyl (C=O) groups excluding carboxylic acids is 2. The zero-order valence-corrected chi connectivity index (χ0v) is 24.4. The predicted molar refractivity (Wildman–Crippen MR) is 156 cm³/mol. The molecule has 0 aliphatic heterocycles. The van der Waals surface area contributed by atoms with Gasteiger partial charge >= 0.3 is 12.1 Å². The summed E-state index contributed by atoms with van der Waals surface area (Å²) in [5.74, 6) is -0.0925. The first kappa shape index (κ1) is 30.7. The Morgan fingerprint density at radius 2 is 1.88 bits per heavy atom. The number of methoxy groups -OCH3 is 1. The number of aromatic hydroxyl groups is 1. The van der Waals surface area contributed by atoms with Crippen LogP contribution < -0.4 is 10.1 Å². The molecule has 0 unspecified atom stereocenters. The highest BCUT2D eigenvalue weighted by Gasteiger charge is 2.45. The Morgan fingerprint density at radius 1 is 1.17 bits per heavy atom. The van der Waals surface area contributed by atoms with Crippen molar-refractivity contribution in [3.63, 3.8) is 0 Å². The second kappa shape index (κ2) is 13.6. The Balaban J connectivity index is 1.31. The van der Waals surface area contributed by atoms with Crippen molar-refractivity contribution in [3.8, 4) is 11.5 Å². The second-order valence-corrected chi connectivity index (χ2v) is 11.6. The largest absolute Gasteiger partial charge is 0.507 e. The Labute approximate surface area is 245 Å². The van der Waals surface area contributed by atoms with Crippen LogP contribution in [0.5, 0.6) is 11.5 Å². The second-order valence-electron chi connectivity index (χ2n) is 11.2. The van der Waals surface area contributed by atoms with Crippen LogP contribution in [0.4, 0.5) is 10.5 Å². The third-order valence-electron chi connectivity index (χ3n) is 8.93. The molecule has 0 saturated heterocycles. The van der Waals surface area contributed by atoms with Crippen LogP contribution in [-0.4, -0.2) is 66.8 Å². The zero-order chi connectivity index (χ0) is 29.6. The first-order chi connectivity index (χ1) is 19.7. The van der Waals surface area contributed by atoms with Crippen LogP contribution in [0.3, 0.4) is 0 Å². The number of rotatable bonds is 11. The Kier molecular flexibility index (Phi) is 10.1. The van der Waals surface area contributed by atoms with Crippen LogP contribution in [0.2, 0.25) is 5.02 Å². The fraction of sp³-hybridized carbons (Fsp3) is 0.516. The van der Waals surface area contributed by atoms with Crippen molar-refractivity contribution in [3.05, 3.63) is 52.0 Å². The molecule has 0 atom stereocenters. The van der Waals surface area contributed by atoms with Gasteiger partial charge in [-0.25, -0.2) is 4.79 Å². The highest BCUT2D eigenvalue weighted by Crippen LogP contribution is 2.54. The summed E-state index contributed by atoms with van der Waals surface area (Å²) in [4.78, 5) is 37.0. The Hall–Kier alpha value is -3.30. The number of nitrogens with one attached hydrogen (secondary N) is 1. The smallest absolute Gasteiger partial charge is 0.411 e. The monoisotopic (exact) mass is 586 g/mol. The molecule has 4 rings (SSSR count). The lowest BCUT2D eigenvalue weighted by atomic mass is 9.63. The van der Waals surface area contributed by atoms with Crippen molar-refractivity contribution >= 4 is 35.6 Å². The topological polar surface area (TPSA) is 125 Å². The van der Waals surface area contributed by atoms with Gasteiger partial charge in [0.15, 0.2) is 0 Å². The van der Waals surface area contributed by atoms with Crippen LogP contribution in [0, 0.1) is 5.92 Å². The molecule has 0 bridgehead atoms. The van der Waals surface area contributed by atoms with Crippen molar-refractivity contribution in [2.45, 2.75) is 69.2 Å². The maximum Gasteiger partial charge on any atom is 0.411 e. The SMILES string of the molecule is COc1cc(C=O)cc(Cl)c1NC(=O)OCCN(C)C1CCC(C2(c3cccc(CC(=O)O)c3O)CCCC2)CC1. The lowest BCUT2D eigenvalue weighted by molar-refractivity contribution is -0.136. The van der Waals surface area contributed by atoms with E-state index in [-0.39, 0.29) is 40.7 Å². The molecule has 2 aromatic rings. The Bertz CT molecular complexity index is 1250. The molecule has 10 heteroatoms. The molecule has 41 heavy (non-hydrogen) atoms. The van der Waals surface area contributed by atoms with Gasteiger partial charge in [0.1, 0.15) is 30.1 Å². The quantitative estimate of drug-likeness (QED) is 0.272. The molecule has 2 fully saturated rings. The lowest BCUT2D eigenvalue weighted by Gasteiger charge is -2.44. The van der Waals surface area contributed by atoms with Gasteiger partial charge in [0.05, 0.1) is 18.6 Å². The van der Waals surface area contributed by atoms with Gasteiger partial charge in [-0.3, -0.25) is 14.9 Å². The summed E-state index contributed by atoms with van der Waals surface area (Å²) in [5, 5.41) is 23.2. The standard InChI is InChI=1S/C31H39ClN2O7/c1-34(14-15-41-30(39)33-28-25(32)16-20(19-35)17-26(28)40-2)23-10-8-22(9-11-23)31(12-3-4-13-31)24-7-5-6-21(29(24)38)18-27(36)37/h5-7,16-17,19,22-23,38H,3-4,8-15,18H2,1-2H3,(H,33,39)(H,36,37). The molecule has 1 amide bonds. The number of carboxylic acids is 1. The number of phenols is 1. The van der Waals surface area contributed by atoms with E-state index in [1.54, 1.807) is 6.07 Å². The van der Waals surface area contributed by atoms with E-state index in [1.165, 1.54) is 19.2 Å². The maximum absolute atomic E-state index is 12.4.